The number of rotatable bonds is 20. The van der Waals surface area contributed by atoms with Crippen LogP contribution >= 0.6 is 21.6 Å². The number of phenolic OH excluding ortho intramolecular Hbond substituents is 1. The Bertz CT molecular complexity index is 2130. The van der Waals surface area contributed by atoms with Gasteiger partial charge in [-0.25, -0.2) is 0 Å². The van der Waals surface area contributed by atoms with Crippen molar-refractivity contribution >= 4 is 80.3 Å². The van der Waals surface area contributed by atoms with Crippen molar-refractivity contribution in [3.05, 3.63) is 65.7 Å². The van der Waals surface area contributed by atoms with Crippen LogP contribution in [0, 0.1) is 17.8 Å². The predicted octanol–water partition coefficient (Wildman–Crippen LogP) is 2.14. The Hall–Kier alpha value is -5.96. The van der Waals surface area contributed by atoms with Crippen molar-refractivity contribution in [1.82, 2.24) is 21.3 Å². The molecule has 6 atom stereocenters. The lowest BCUT2D eigenvalue weighted by Gasteiger charge is -2.27. The highest BCUT2D eigenvalue weighted by Crippen LogP contribution is 2.37. The average Bonchev–Trinajstić information content (AvgIpc) is 3.29. The number of nitrogens with one attached hydrogen (secondary N) is 4. The number of Topliss-reactive ketones (excluding diaryl/α,β-unsaturated/α-hetero) is 4. The van der Waals surface area contributed by atoms with Crippen molar-refractivity contribution < 1.29 is 43.5 Å². The summed E-state index contributed by atoms with van der Waals surface area (Å²) in [6.45, 7) is 7.38. The molecule has 0 spiro atoms. The number of nitrogens with two attached hydrogens (primary N) is 4. The Morgan fingerprint density at radius 3 is 2.10 bits per heavy atom. The number of aliphatic imine (C=N–C) groups is 2. The summed E-state index contributed by atoms with van der Waals surface area (Å²) in [5, 5.41) is 20.9. The van der Waals surface area contributed by atoms with Crippen LogP contribution in [-0.4, -0.2) is 112 Å². The van der Waals surface area contributed by atoms with E-state index in [-0.39, 0.29) is 93.8 Å². The van der Waals surface area contributed by atoms with Gasteiger partial charge in [-0.1, -0.05) is 71.0 Å². The van der Waals surface area contributed by atoms with Crippen molar-refractivity contribution in [2.24, 2.45) is 50.7 Å². The second-order valence-corrected chi connectivity index (χ2v) is 21.1. The first-order valence-electron chi connectivity index (χ1n) is 23.1. The average molecular weight is 995 g/mol. The number of ketones is 4. The Morgan fingerprint density at radius 2 is 1.48 bits per heavy atom. The fraction of sp³-hybridized carbons (Fsp3) is 0.542. The number of amides is 4. The molecule has 0 aliphatic carbocycles. The van der Waals surface area contributed by atoms with Gasteiger partial charge < -0.3 is 49.3 Å². The van der Waals surface area contributed by atoms with Gasteiger partial charge in [0.1, 0.15) is 11.5 Å². The summed E-state index contributed by atoms with van der Waals surface area (Å²) in [5.41, 5.74) is 23.4. The van der Waals surface area contributed by atoms with Crippen molar-refractivity contribution in [1.29, 1.82) is 0 Å². The smallest absolute Gasteiger partial charge is 0.225 e. The summed E-state index contributed by atoms with van der Waals surface area (Å²) >= 11 is 0. The van der Waals surface area contributed by atoms with Gasteiger partial charge in [-0.2, -0.15) is 0 Å². The lowest BCUT2D eigenvalue weighted by atomic mass is 9.89. The molecule has 3 rings (SSSR count). The molecule has 69 heavy (non-hydrogen) atoms. The van der Waals surface area contributed by atoms with E-state index in [9.17, 15) is 43.5 Å². The number of guanidine groups is 2. The third kappa shape index (κ3) is 22.3. The van der Waals surface area contributed by atoms with Crippen LogP contribution in [0.5, 0.6) is 5.75 Å². The minimum absolute atomic E-state index is 0.0713. The third-order valence-electron chi connectivity index (χ3n) is 11.4. The van der Waals surface area contributed by atoms with E-state index in [0.29, 0.717) is 25.7 Å². The molecule has 21 heteroatoms. The van der Waals surface area contributed by atoms with Crippen molar-refractivity contribution in [2.75, 3.05) is 25.4 Å². The van der Waals surface area contributed by atoms with E-state index < -0.39 is 81.6 Å². The lowest BCUT2D eigenvalue weighted by Crippen LogP contribution is -2.48. The van der Waals surface area contributed by atoms with Crippen LogP contribution in [-0.2, 0) is 51.2 Å². The van der Waals surface area contributed by atoms with Gasteiger partial charge in [0, 0.05) is 67.7 Å². The summed E-state index contributed by atoms with van der Waals surface area (Å²) in [6, 6.07) is 11.9. The number of phenols is 1. The van der Waals surface area contributed by atoms with Gasteiger partial charge in [-0.3, -0.25) is 48.3 Å². The second kappa shape index (κ2) is 29.2. The van der Waals surface area contributed by atoms with Crippen LogP contribution in [0.1, 0.15) is 96.6 Å². The van der Waals surface area contributed by atoms with Crippen molar-refractivity contribution in [3.8, 4) is 5.75 Å². The number of carbonyl (C=O) groups is 8. The van der Waals surface area contributed by atoms with Crippen LogP contribution < -0.4 is 44.2 Å². The fourth-order valence-electron chi connectivity index (χ4n) is 7.38. The monoisotopic (exact) mass is 994 g/mol. The van der Waals surface area contributed by atoms with E-state index in [2.05, 4.69) is 31.3 Å². The van der Waals surface area contributed by atoms with E-state index >= 15 is 0 Å². The largest absolute Gasteiger partial charge is 0.508 e. The zero-order chi connectivity index (χ0) is 51.1. The normalized spacial score (nSPS) is 19.7. The standard InChI is InChI=1S/C48H70N10O9S2/c1-29(22-32-14-16-35(60)17-15-32)44(66)58-38-26-43(65)55-28-48(3,4)69-68-27-34(25-41(63)37(23-31-10-6-5-7-11-31)56-42(64)19-18-39(38)61)45(67)57-36(13-9-21-54-47(51)52)40(62)24-33(30(2)59)12-8-20-53-46(49)50/h5-7,10-11,14-17,29,33-34,36-38,60H,8-9,12-13,18-28H2,1-4H3,(H,55,65)(H,56,64)(H,57,67)(H,58,66)(H4,49,50,53)(H4,51,52,54)/t29?,33-,34?,36?,37?,38?/m1/s1. The number of benzene rings is 2. The zero-order valence-corrected chi connectivity index (χ0v) is 41.6. The maximum atomic E-state index is 14.4. The molecule has 19 nitrogen and oxygen atoms in total. The number of aromatic hydroxyl groups is 1. The molecule has 0 bridgehead atoms. The van der Waals surface area contributed by atoms with Crippen molar-refractivity contribution in [3.63, 3.8) is 0 Å². The Morgan fingerprint density at radius 1 is 0.841 bits per heavy atom. The molecule has 1 aliphatic rings. The molecule has 2 aromatic rings. The third-order valence-corrected chi connectivity index (χ3v) is 14.8. The van der Waals surface area contributed by atoms with Crippen LogP contribution in [0.2, 0.25) is 0 Å². The molecule has 0 radical (unpaired) electrons. The highest BCUT2D eigenvalue weighted by atomic mass is 33.1. The van der Waals surface area contributed by atoms with E-state index in [1.807, 2.05) is 13.8 Å². The highest BCUT2D eigenvalue weighted by Gasteiger charge is 2.34. The molecule has 1 saturated heterocycles. The first-order chi connectivity index (χ1) is 32.6. The molecule has 4 amide bonds. The van der Waals surface area contributed by atoms with Crippen LogP contribution in [0.3, 0.4) is 0 Å². The highest BCUT2D eigenvalue weighted by molar-refractivity contribution is 8.77. The molecule has 1 fully saturated rings. The maximum Gasteiger partial charge on any atom is 0.225 e. The predicted molar refractivity (Wildman–Crippen MR) is 270 cm³/mol. The first-order valence-corrected chi connectivity index (χ1v) is 25.4. The fourth-order valence-corrected chi connectivity index (χ4v) is 10.2. The van der Waals surface area contributed by atoms with Gasteiger partial charge in [0.2, 0.25) is 23.6 Å². The molecule has 1 aliphatic heterocycles. The van der Waals surface area contributed by atoms with Gasteiger partial charge in [0.25, 0.3) is 0 Å². The molecule has 5 unspecified atom stereocenters. The summed E-state index contributed by atoms with van der Waals surface area (Å²) < 4.78 is -0.644. The first kappa shape index (κ1) is 57.4. The number of hydrogen-bond donors (Lipinski definition) is 9. The summed E-state index contributed by atoms with van der Waals surface area (Å²) in [5.74, 6) is -6.17. The lowest BCUT2D eigenvalue weighted by molar-refractivity contribution is -0.134. The molecule has 0 aromatic heterocycles. The van der Waals surface area contributed by atoms with Crippen LogP contribution in [0.25, 0.3) is 0 Å². The Kier molecular flexibility index (Phi) is 24.2. The summed E-state index contributed by atoms with van der Waals surface area (Å²) in [4.78, 5) is 118. The maximum absolute atomic E-state index is 14.4. The molecular weight excluding hydrogens is 925 g/mol. The Balaban J connectivity index is 1.91. The molecule has 2 aromatic carbocycles. The molecule has 13 N–H and O–H groups in total. The minimum Gasteiger partial charge on any atom is -0.508 e. The van der Waals surface area contributed by atoms with E-state index in [4.69, 9.17) is 22.9 Å². The second-order valence-electron chi connectivity index (χ2n) is 18.0. The molecule has 1 heterocycles. The van der Waals surface area contributed by atoms with Crippen molar-refractivity contribution in [2.45, 2.75) is 121 Å². The van der Waals surface area contributed by atoms with E-state index in [1.165, 1.54) is 40.6 Å². The summed E-state index contributed by atoms with van der Waals surface area (Å²) in [7, 11) is 2.64. The van der Waals surface area contributed by atoms with Gasteiger partial charge in [0.05, 0.1) is 30.5 Å². The van der Waals surface area contributed by atoms with Crippen LogP contribution in [0.15, 0.2) is 64.6 Å². The number of carbonyl (C=O) groups excluding carboxylic acids is 8. The van der Waals surface area contributed by atoms with Gasteiger partial charge in [0.15, 0.2) is 29.3 Å². The van der Waals surface area contributed by atoms with Gasteiger partial charge >= 0.3 is 0 Å². The SMILES string of the molecule is CC(=O)[C@H](CCCN=C(N)N)CC(=O)C(CCCN=C(N)N)NC(=O)C1CSSC(C)(C)CNC(=O)CC(NC(=O)C(C)Cc2ccc(O)cc2)C(=O)CCC(=O)NC(Cc2ccccc2)C(=O)C1. The van der Waals surface area contributed by atoms with Crippen LogP contribution in [0.4, 0.5) is 0 Å². The van der Waals surface area contributed by atoms with E-state index in [0.717, 1.165) is 11.1 Å². The minimum atomic E-state index is -1.25. The number of hydrogen-bond acceptors (Lipinski definition) is 13. The molecule has 378 valence electrons. The number of nitrogens with zero attached hydrogens (tertiary/aromatic N) is 2. The van der Waals surface area contributed by atoms with Gasteiger partial charge in [-0.05, 0) is 82.6 Å². The van der Waals surface area contributed by atoms with Gasteiger partial charge in [-0.15, -0.1) is 0 Å². The van der Waals surface area contributed by atoms with E-state index in [1.54, 1.807) is 49.4 Å². The molecular formula is C48H70N10O9S2. The quantitative estimate of drug-likeness (QED) is 0.0397. The molecule has 0 saturated carbocycles. The summed E-state index contributed by atoms with van der Waals surface area (Å²) in [6.07, 6.45) is -0.0360. The Labute approximate surface area is 412 Å². The zero-order valence-electron chi connectivity index (χ0n) is 40.0. The topological polar surface area (TPSA) is 334 Å².